The van der Waals surface area contributed by atoms with E-state index in [4.69, 9.17) is 17.3 Å². The van der Waals surface area contributed by atoms with Crippen LogP contribution in [0.2, 0.25) is 0 Å². The van der Waals surface area contributed by atoms with Crippen LogP contribution in [0.5, 0.6) is 0 Å². The first-order chi connectivity index (χ1) is 11.9. The second-order valence-corrected chi connectivity index (χ2v) is 8.42. The van der Waals surface area contributed by atoms with Gasteiger partial charge in [0.05, 0.1) is 5.71 Å². The molecule has 2 nitrogen and oxygen atoms in total. The molecule has 0 aromatic heterocycles. The Labute approximate surface area is 162 Å². The zero-order valence-electron chi connectivity index (χ0n) is 15.7. The lowest BCUT2D eigenvalue weighted by molar-refractivity contribution is 0.544. The molecule has 0 atom stereocenters. The zero-order chi connectivity index (χ0) is 18.3. The summed E-state index contributed by atoms with van der Waals surface area (Å²) in [5.74, 6) is 0. The van der Waals surface area contributed by atoms with Crippen LogP contribution in [-0.4, -0.2) is 28.3 Å². The number of nitrogens with zero attached hydrogens (tertiary/aromatic N) is 2. The molecule has 0 aliphatic heterocycles. The quantitative estimate of drug-likeness (QED) is 0.277. The third kappa shape index (κ3) is 5.85. The highest BCUT2D eigenvalue weighted by atomic mass is 32.2. The Morgan fingerprint density at radius 2 is 1.84 bits per heavy atom. The minimum absolute atomic E-state index is 0.228. The lowest BCUT2D eigenvalue weighted by Crippen LogP contribution is -2.28. The largest absolute Gasteiger partial charge is 0.252 e. The van der Waals surface area contributed by atoms with Gasteiger partial charge in [0.15, 0.2) is 4.32 Å². The maximum atomic E-state index is 5.39. The van der Waals surface area contributed by atoms with Crippen LogP contribution in [0.15, 0.2) is 52.8 Å². The summed E-state index contributed by atoms with van der Waals surface area (Å²) in [7, 11) is 1.92. The molecule has 0 amide bonds. The molecule has 1 saturated carbocycles. The molecule has 0 radical (unpaired) electrons. The third-order valence-corrected chi connectivity index (χ3v) is 5.82. The number of hydrogen-bond donors (Lipinski definition) is 0. The van der Waals surface area contributed by atoms with Crippen LogP contribution in [0.4, 0.5) is 0 Å². The van der Waals surface area contributed by atoms with Crippen molar-refractivity contribution in [3.63, 3.8) is 0 Å². The smallest absolute Gasteiger partial charge is 0.156 e. The average Bonchev–Trinajstić information content (AvgIpc) is 2.65. The molecule has 0 spiro atoms. The van der Waals surface area contributed by atoms with Crippen molar-refractivity contribution >= 4 is 34.0 Å². The van der Waals surface area contributed by atoms with Crippen LogP contribution in [0, 0.1) is 5.41 Å². The lowest BCUT2D eigenvalue weighted by atomic mass is 9.83. The van der Waals surface area contributed by atoms with Crippen molar-refractivity contribution in [2.24, 2.45) is 10.5 Å². The molecule has 0 bridgehead atoms. The van der Waals surface area contributed by atoms with Gasteiger partial charge in [0.2, 0.25) is 0 Å². The van der Waals surface area contributed by atoms with E-state index in [-0.39, 0.29) is 5.41 Å². The number of thiocarbonyl (C=S) groups is 1. The summed E-state index contributed by atoms with van der Waals surface area (Å²) in [6.45, 7) is 4.40. The lowest BCUT2D eigenvalue weighted by Gasteiger charge is -2.25. The van der Waals surface area contributed by atoms with E-state index < -0.39 is 0 Å². The van der Waals surface area contributed by atoms with Gasteiger partial charge in [-0.25, -0.2) is 0 Å². The van der Waals surface area contributed by atoms with E-state index in [1.54, 1.807) is 5.01 Å². The van der Waals surface area contributed by atoms with E-state index in [2.05, 4.69) is 49.9 Å². The Kier molecular flexibility index (Phi) is 7.49. The molecular formula is C21H28N2S2. The third-order valence-electron chi connectivity index (χ3n) is 4.44. The summed E-state index contributed by atoms with van der Waals surface area (Å²) in [5, 5.41) is 6.66. The van der Waals surface area contributed by atoms with Gasteiger partial charge >= 0.3 is 0 Å². The van der Waals surface area contributed by atoms with Gasteiger partial charge in [0, 0.05) is 12.5 Å². The summed E-state index contributed by atoms with van der Waals surface area (Å²) >= 11 is 6.93. The first kappa shape index (κ1) is 20.0. The molecule has 25 heavy (non-hydrogen) atoms. The minimum atomic E-state index is -0.228. The number of thioether (sulfide) groups is 1. The molecule has 0 N–H and O–H groups in total. The van der Waals surface area contributed by atoms with E-state index in [0.717, 1.165) is 15.6 Å². The summed E-state index contributed by atoms with van der Waals surface area (Å²) in [6, 6.07) is 10.4. The standard InChI is InChI=1S/C21H28N2S2/c1-21(2,16-15-17-11-7-5-8-12-17)19(18-13-9-6-10-14-18)22-23(3)20(24)25-4/h6,9-10,13-14,16H,5,7-8,11-12H2,1-4H3/b22-19+. The van der Waals surface area contributed by atoms with Crippen molar-refractivity contribution in [1.82, 2.24) is 5.01 Å². The topological polar surface area (TPSA) is 15.6 Å². The number of hydrazone groups is 1. The monoisotopic (exact) mass is 372 g/mol. The van der Waals surface area contributed by atoms with Gasteiger partial charge in [-0.2, -0.15) is 5.10 Å². The van der Waals surface area contributed by atoms with Gasteiger partial charge in [-0.05, 0) is 49.2 Å². The highest BCUT2D eigenvalue weighted by Gasteiger charge is 2.25. The number of hydrogen-bond acceptors (Lipinski definition) is 3. The molecule has 1 aromatic rings. The second-order valence-electron chi connectivity index (χ2n) is 6.98. The Hall–Kier alpha value is -1.35. The molecular weight excluding hydrogens is 344 g/mol. The van der Waals surface area contributed by atoms with Crippen molar-refractivity contribution in [1.29, 1.82) is 0 Å². The van der Waals surface area contributed by atoms with Crippen LogP contribution in [0.3, 0.4) is 0 Å². The molecule has 1 aliphatic carbocycles. The fraction of sp³-hybridized carbons (Fsp3) is 0.476. The van der Waals surface area contributed by atoms with Crippen LogP contribution in [0.25, 0.3) is 0 Å². The Bertz CT molecular complexity index is 675. The summed E-state index contributed by atoms with van der Waals surface area (Å²) in [6.07, 6.45) is 10.5. The van der Waals surface area contributed by atoms with Gasteiger partial charge < -0.3 is 0 Å². The molecule has 134 valence electrons. The Balaban J connectivity index is 2.41. The molecule has 2 rings (SSSR count). The number of benzene rings is 1. The average molecular weight is 373 g/mol. The molecule has 1 fully saturated rings. The molecule has 1 aliphatic rings. The minimum Gasteiger partial charge on any atom is -0.252 e. The van der Waals surface area contributed by atoms with Gasteiger partial charge in [-0.15, -0.1) is 5.73 Å². The van der Waals surface area contributed by atoms with Crippen molar-refractivity contribution in [3.8, 4) is 0 Å². The molecule has 0 unspecified atom stereocenters. The first-order valence-corrected chi connectivity index (χ1v) is 10.5. The van der Waals surface area contributed by atoms with Crippen LogP contribution < -0.4 is 0 Å². The maximum Gasteiger partial charge on any atom is 0.156 e. The highest BCUT2D eigenvalue weighted by Crippen LogP contribution is 2.27. The molecule has 0 heterocycles. The summed E-state index contributed by atoms with van der Waals surface area (Å²) in [5.41, 5.74) is 6.93. The fourth-order valence-electron chi connectivity index (χ4n) is 2.95. The van der Waals surface area contributed by atoms with Crippen LogP contribution in [-0.2, 0) is 0 Å². The van der Waals surface area contributed by atoms with Gasteiger partial charge in [-0.3, -0.25) is 5.01 Å². The van der Waals surface area contributed by atoms with Crippen molar-refractivity contribution in [2.75, 3.05) is 13.3 Å². The molecule has 4 heteroatoms. The fourth-order valence-corrected chi connectivity index (χ4v) is 3.30. The van der Waals surface area contributed by atoms with Gasteiger partial charge in [0.1, 0.15) is 0 Å². The Morgan fingerprint density at radius 3 is 2.44 bits per heavy atom. The highest BCUT2D eigenvalue weighted by molar-refractivity contribution is 8.22. The van der Waals surface area contributed by atoms with E-state index in [1.165, 1.54) is 49.4 Å². The van der Waals surface area contributed by atoms with E-state index in [1.807, 2.05) is 19.4 Å². The van der Waals surface area contributed by atoms with E-state index in [9.17, 15) is 0 Å². The zero-order valence-corrected chi connectivity index (χ0v) is 17.3. The summed E-state index contributed by atoms with van der Waals surface area (Å²) < 4.78 is 0.763. The van der Waals surface area contributed by atoms with Crippen LogP contribution >= 0.6 is 24.0 Å². The first-order valence-electron chi connectivity index (χ1n) is 8.86. The van der Waals surface area contributed by atoms with Crippen LogP contribution in [0.1, 0.15) is 51.5 Å². The second kappa shape index (κ2) is 9.38. The van der Waals surface area contributed by atoms with E-state index in [0.29, 0.717) is 0 Å². The Morgan fingerprint density at radius 1 is 1.20 bits per heavy atom. The van der Waals surface area contributed by atoms with Crippen molar-refractivity contribution in [2.45, 2.75) is 46.0 Å². The summed E-state index contributed by atoms with van der Waals surface area (Å²) in [4.78, 5) is 0. The van der Waals surface area contributed by atoms with Gasteiger partial charge in [-0.1, -0.05) is 74.6 Å². The predicted octanol–water partition coefficient (Wildman–Crippen LogP) is 6.04. The SMILES string of the molecule is CSC(=S)N(C)/N=C(\c1ccccc1)C(C)(C)C=C=C1CCCCC1. The van der Waals surface area contributed by atoms with E-state index >= 15 is 0 Å². The van der Waals surface area contributed by atoms with Crippen molar-refractivity contribution in [3.05, 3.63) is 53.3 Å². The number of allylic oxidation sites excluding steroid dienone is 1. The van der Waals surface area contributed by atoms with Crippen molar-refractivity contribution < 1.29 is 0 Å². The molecule has 1 aromatic carbocycles. The predicted molar refractivity (Wildman–Crippen MR) is 115 cm³/mol. The van der Waals surface area contributed by atoms with Gasteiger partial charge in [0.25, 0.3) is 0 Å². The normalized spacial score (nSPS) is 15.5. The molecule has 0 saturated heterocycles. The maximum absolute atomic E-state index is 5.39. The number of rotatable bonds is 4.